The highest BCUT2D eigenvalue weighted by Gasteiger charge is 2.19. The number of benzene rings is 1. The molecule has 2 nitrogen and oxygen atoms in total. The minimum absolute atomic E-state index is 0.891. The normalized spacial score (nSPS) is 17.4. The van der Waals surface area contributed by atoms with Crippen molar-refractivity contribution in [2.24, 2.45) is 5.92 Å². The molecule has 0 amide bonds. The molecule has 1 aromatic carbocycles. The van der Waals surface area contributed by atoms with E-state index < -0.39 is 0 Å². The Morgan fingerprint density at radius 2 is 2.06 bits per heavy atom. The molecular weight excluding hydrogens is 276 g/mol. The molecule has 1 saturated heterocycles. The molecule has 1 aliphatic heterocycles. The van der Waals surface area contributed by atoms with Crippen molar-refractivity contribution >= 4 is 27.3 Å². The first kappa shape index (κ1) is 12.7. The topological polar surface area (TPSA) is 29.3 Å². The first-order valence-electron chi connectivity index (χ1n) is 6.50. The number of nitrogens with two attached hydrogens (primary N) is 1. The molecular formula is C14H21BrN2. The van der Waals surface area contributed by atoms with Crippen LogP contribution < -0.4 is 10.6 Å². The third kappa shape index (κ3) is 3.15. The first-order chi connectivity index (χ1) is 8.20. The summed E-state index contributed by atoms with van der Waals surface area (Å²) in [5.41, 5.74) is 8.13. The van der Waals surface area contributed by atoms with Gasteiger partial charge in [0.15, 0.2) is 0 Å². The third-order valence-electron chi connectivity index (χ3n) is 3.64. The lowest BCUT2D eigenvalue weighted by atomic mass is 9.92. The Labute approximate surface area is 112 Å². The Morgan fingerprint density at radius 1 is 1.35 bits per heavy atom. The van der Waals surface area contributed by atoms with Gasteiger partial charge in [0.25, 0.3) is 0 Å². The fraction of sp³-hybridized carbons (Fsp3) is 0.571. The van der Waals surface area contributed by atoms with Crippen molar-refractivity contribution in [3.63, 3.8) is 0 Å². The molecule has 0 aliphatic carbocycles. The molecule has 0 saturated carbocycles. The van der Waals surface area contributed by atoms with E-state index in [0.717, 1.165) is 29.2 Å². The lowest BCUT2D eigenvalue weighted by Gasteiger charge is -2.34. The summed E-state index contributed by atoms with van der Waals surface area (Å²) in [4.78, 5) is 2.42. The lowest BCUT2D eigenvalue weighted by molar-refractivity contribution is 0.378. The maximum absolute atomic E-state index is 6.05. The van der Waals surface area contributed by atoms with Crippen molar-refractivity contribution in [3.8, 4) is 0 Å². The van der Waals surface area contributed by atoms with Crippen LogP contribution in [-0.4, -0.2) is 13.1 Å². The SMILES string of the molecule is CCCC1CCN(c2cc(Br)ccc2N)CC1. The maximum atomic E-state index is 6.05. The highest BCUT2D eigenvalue weighted by molar-refractivity contribution is 9.10. The van der Waals surface area contributed by atoms with E-state index in [4.69, 9.17) is 5.73 Å². The molecule has 0 bridgehead atoms. The first-order valence-corrected chi connectivity index (χ1v) is 7.30. The number of rotatable bonds is 3. The number of anilines is 2. The largest absolute Gasteiger partial charge is 0.397 e. The van der Waals surface area contributed by atoms with Crippen LogP contribution in [0.5, 0.6) is 0 Å². The van der Waals surface area contributed by atoms with Crippen LogP contribution in [-0.2, 0) is 0 Å². The van der Waals surface area contributed by atoms with Gasteiger partial charge in [0.2, 0.25) is 0 Å². The van der Waals surface area contributed by atoms with E-state index in [-0.39, 0.29) is 0 Å². The Hall–Kier alpha value is -0.700. The quantitative estimate of drug-likeness (QED) is 0.853. The third-order valence-corrected chi connectivity index (χ3v) is 4.14. The van der Waals surface area contributed by atoms with E-state index in [0.29, 0.717) is 0 Å². The summed E-state index contributed by atoms with van der Waals surface area (Å²) in [6.07, 6.45) is 5.30. The van der Waals surface area contributed by atoms with Crippen LogP contribution in [0.4, 0.5) is 11.4 Å². The van der Waals surface area contributed by atoms with Gasteiger partial charge >= 0.3 is 0 Å². The summed E-state index contributed by atoms with van der Waals surface area (Å²) < 4.78 is 1.11. The van der Waals surface area contributed by atoms with Gasteiger partial charge in [0.1, 0.15) is 0 Å². The molecule has 2 rings (SSSR count). The molecule has 1 heterocycles. The van der Waals surface area contributed by atoms with Gasteiger partial charge in [-0.1, -0.05) is 35.7 Å². The van der Waals surface area contributed by atoms with E-state index in [1.165, 1.54) is 31.4 Å². The molecule has 94 valence electrons. The summed E-state index contributed by atoms with van der Waals surface area (Å²) >= 11 is 3.52. The van der Waals surface area contributed by atoms with Gasteiger partial charge in [-0.25, -0.2) is 0 Å². The maximum Gasteiger partial charge on any atom is 0.0611 e. The summed E-state index contributed by atoms with van der Waals surface area (Å²) in [5.74, 6) is 0.921. The zero-order chi connectivity index (χ0) is 12.3. The molecule has 1 aliphatic rings. The summed E-state index contributed by atoms with van der Waals surface area (Å²) in [6, 6.07) is 6.12. The van der Waals surface area contributed by atoms with Crippen LogP contribution in [0.3, 0.4) is 0 Å². The van der Waals surface area contributed by atoms with E-state index in [1.54, 1.807) is 0 Å². The van der Waals surface area contributed by atoms with E-state index in [2.05, 4.69) is 33.8 Å². The Bertz CT molecular complexity index is 370. The molecule has 17 heavy (non-hydrogen) atoms. The Kier molecular flexibility index (Phi) is 4.32. The van der Waals surface area contributed by atoms with E-state index in [1.807, 2.05) is 12.1 Å². The second kappa shape index (κ2) is 5.76. The summed E-state index contributed by atoms with van der Waals surface area (Å²) in [6.45, 7) is 4.56. The molecule has 1 aromatic rings. The van der Waals surface area contributed by atoms with Gasteiger partial charge in [-0.05, 0) is 37.0 Å². The molecule has 1 fully saturated rings. The van der Waals surface area contributed by atoms with Gasteiger partial charge < -0.3 is 10.6 Å². The number of halogens is 1. The lowest BCUT2D eigenvalue weighted by Crippen LogP contribution is -2.34. The fourth-order valence-electron chi connectivity index (χ4n) is 2.66. The van der Waals surface area contributed by atoms with Gasteiger partial charge in [0, 0.05) is 17.6 Å². The average molecular weight is 297 g/mol. The van der Waals surface area contributed by atoms with E-state index >= 15 is 0 Å². The predicted molar refractivity (Wildman–Crippen MR) is 78.4 cm³/mol. The molecule has 0 radical (unpaired) electrons. The second-order valence-electron chi connectivity index (χ2n) is 4.92. The Morgan fingerprint density at radius 3 is 2.71 bits per heavy atom. The highest BCUT2D eigenvalue weighted by Crippen LogP contribution is 2.31. The summed E-state index contributed by atoms with van der Waals surface area (Å²) in [5, 5.41) is 0. The molecule has 0 aromatic heterocycles. The zero-order valence-corrected chi connectivity index (χ0v) is 12.0. The number of hydrogen-bond acceptors (Lipinski definition) is 2. The van der Waals surface area contributed by atoms with E-state index in [9.17, 15) is 0 Å². The van der Waals surface area contributed by atoms with Gasteiger partial charge in [-0.15, -0.1) is 0 Å². The highest BCUT2D eigenvalue weighted by atomic mass is 79.9. The van der Waals surface area contributed by atoms with Gasteiger partial charge in [0.05, 0.1) is 11.4 Å². The smallest absolute Gasteiger partial charge is 0.0611 e. The number of nitrogen functional groups attached to an aromatic ring is 1. The van der Waals surface area contributed by atoms with Crippen LogP contribution >= 0.6 is 15.9 Å². The standard InChI is InChI=1S/C14H21BrN2/c1-2-3-11-6-8-17(9-7-11)14-10-12(15)4-5-13(14)16/h4-5,10-11H,2-3,6-9,16H2,1H3. The minimum atomic E-state index is 0.891. The number of nitrogens with zero attached hydrogens (tertiary/aromatic N) is 1. The number of hydrogen-bond donors (Lipinski definition) is 1. The van der Waals surface area contributed by atoms with Crippen LogP contribution in [0.1, 0.15) is 32.6 Å². The van der Waals surface area contributed by atoms with Crippen molar-refractivity contribution in [2.45, 2.75) is 32.6 Å². The van der Waals surface area contributed by atoms with Gasteiger partial charge in [-0.3, -0.25) is 0 Å². The molecule has 0 unspecified atom stereocenters. The monoisotopic (exact) mass is 296 g/mol. The van der Waals surface area contributed by atoms with Crippen molar-refractivity contribution in [2.75, 3.05) is 23.7 Å². The van der Waals surface area contributed by atoms with Crippen molar-refractivity contribution < 1.29 is 0 Å². The van der Waals surface area contributed by atoms with Crippen molar-refractivity contribution in [1.82, 2.24) is 0 Å². The van der Waals surface area contributed by atoms with Crippen LogP contribution in [0.25, 0.3) is 0 Å². The zero-order valence-electron chi connectivity index (χ0n) is 10.5. The summed E-state index contributed by atoms with van der Waals surface area (Å²) in [7, 11) is 0. The van der Waals surface area contributed by atoms with Crippen molar-refractivity contribution in [1.29, 1.82) is 0 Å². The predicted octanol–water partition coefficient (Wildman–Crippen LogP) is 4.05. The molecule has 0 spiro atoms. The van der Waals surface area contributed by atoms with Gasteiger partial charge in [-0.2, -0.15) is 0 Å². The minimum Gasteiger partial charge on any atom is -0.397 e. The molecule has 3 heteroatoms. The Balaban J connectivity index is 2.02. The van der Waals surface area contributed by atoms with Crippen molar-refractivity contribution in [3.05, 3.63) is 22.7 Å². The number of piperidine rings is 1. The molecule has 0 atom stereocenters. The second-order valence-corrected chi connectivity index (χ2v) is 5.84. The average Bonchev–Trinajstić information content (AvgIpc) is 2.34. The van der Waals surface area contributed by atoms with Crippen LogP contribution in [0.2, 0.25) is 0 Å². The van der Waals surface area contributed by atoms with Crippen LogP contribution in [0, 0.1) is 5.92 Å². The molecule has 2 N–H and O–H groups in total. The fourth-order valence-corrected chi connectivity index (χ4v) is 3.01. The van der Waals surface area contributed by atoms with Crippen LogP contribution in [0.15, 0.2) is 22.7 Å².